The standard InChI is InChI=1S/C17H21BrN2O3/c1-16(2,3)23-15(22)20-9-17(10-20)8-13(19-14(17)21)11-4-6-12(18)7-5-11/h4-7,13H,8-10H2,1-3H3,(H,19,21)/t13-/m1/s1. The van der Waals surface area contributed by atoms with E-state index >= 15 is 0 Å². The van der Waals surface area contributed by atoms with Gasteiger partial charge in [-0.25, -0.2) is 4.79 Å². The van der Waals surface area contributed by atoms with Gasteiger partial charge in [-0.1, -0.05) is 28.1 Å². The smallest absolute Gasteiger partial charge is 0.410 e. The molecule has 0 radical (unpaired) electrons. The zero-order chi connectivity index (χ0) is 16.8. The number of rotatable bonds is 1. The molecule has 1 atom stereocenters. The summed E-state index contributed by atoms with van der Waals surface area (Å²) in [5.41, 5.74) is 0.112. The van der Waals surface area contributed by atoms with Gasteiger partial charge in [0.25, 0.3) is 0 Å². The Morgan fingerprint density at radius 3 is 2.48 bits per heavy atom. The van der Waals surface area contributed by atoms with E-state index in [2.05, 4.69) is 21.2 Å². The van der Waals surface area contributed by atoms with Crippen molar-refractivity contribution in [1.82, 2.24) is 10.2 Å². The number of hydrogen-bond donors (Lipinski definition) is 1. The maximum Gasteiger partial charge on any atom is 0.410 e. The highest BCUT2D eigenvalue weighted by Crippen LogP contribution is 2.44. The molecule has 0 saturated carbocycles. The van der Waals surface area contributed by atoms with Gasteiger partial charge in [-0.15, -0.1) is 0 Å². The van der Waals surface area contributed by atoms with Gasteiger partial charge >= 0.3 is 6.09 Å². The number of halogens is 1. The highest BCUT2D eigenvalue weighted by atomic mass is 79.9. The Labute approximate surface area is 144 Å². The van der Waals surface area contributed by atoms with E-state index in [0.717, 1.165) is 10.0 Å². The van der Waals surface area contributed by atoms with Crippen molar-refractivity contribution in [3.63, 3.8) is 0 Å². The van der Waals surface area contributed by atoms with Crippen molar-refractivity contribution in [3.8, 4) is 0 Å². The topological polar surface area (TPSA) is 58.6 Å². The van der Waals surface area contributed by atoms with Crippen LogP contribution in [0.15, 0.2) is 28.7 Å². The lowest BCUT2D eigenvalue weighted by Gasteiger charge is -2.45. The lowest BCUT2D eigenvalue weighted by Crippen LogP contribution is -2.62. The Balaban J connectivity index is 1.64. The van der Waals surface area contributed by atoms with Gasteiger partial charge < -0.3 is 15.0 Å². The SMILES string of the molecule is CC(C)(C)OC(=O)N1CC2(C[C@H](c3ccc(Br)cc3)NC2=O)C1. The normalized spacial score (nSPS) is 22.7. The minimum Gasteiger partial charge on any atom is -0.444 e. The predicted octanol–water partition coefficient (Wildman–Crippen LogP) is 3.25. The molecule has 1 spiro atoms. The summed E-state index contributed by atoms with van der Waals surface area (Å²) in [6, 6.07) is 7.98. The Kier molecular flexibility index (Phi) is 3.91. The zero-order valence-corrected chi connectivity index (χ0v) is 15.1. The third-order valence-corrected chi connectivity index (χ3v) is 4.82. The minimum atomic E-state index is -0.516. The van der Waals surface area contributed by atoms with Crippen LogP contribution < -0.4 is 5.32 Å². The number of amides is 2. The maximum atomic E-state index is 12.4. The third kappa shape index (κ3) is 3.22. The van der Waals surface area contributed by atoms with Gasteiger partial charge in [-0.3, -0.25) is 4.79 Å². The van der Waals surface area contributed by atoms with Crippen molar-refractivity contribution in [3.05, 3.63) is 34.3 Å². The fourth-order valence-corrected chi connectivity index (χ4v) is 3.42. The number of hydrogen-bond acceptors (Lipinski definition) is 3. The van der Waals surface area contributed by atoms with Gasteiger partial charge in [0.15, 0.2) is 0 Å². The molecular weight excluding hydrogens is 360 g/mol. The van der Waals surface area contributed by atoms with E-state index < -0.39 is 11.0 Å². The van der Waals surface area contributed by atoms with E-state index in [4.69, 9.17) is 4.74 Å². The molecule has 0 aromatic heterocycles. The molecule has 124 valence electrons. The zero-order valence-electron chi connectivity index (χ0n) is 13.6. The van der Waals surface area contributed by atoms with Crippen molar-refractivity contribution in [1.29, 1.82) is 0 Å². The molecule has 0 unspecified atom stereocenters. The van der Waals surface area contributed by atoms with Crippen molar-refractivity contribution >= 4 is 27.9 Å². The molecule has 2 amide bonds. The molecular formula is C17H21BrN2O3. The van der Waals surface area contributed by atoms with Crippen LogP contribution in [0, 0.1) is 5.41 Å². The van der Waals surface area contributed by atoms with Crippen LogP contribution >= 0.6 is 15.9 Å². The quantitative estimate of drug-likeness (QED) is 0.813. The summed E-state index contributed by atoms with van der Waals surface area (Å²) in [7, 11) is 0. The van der Waals surface area contributed by atoms with Gasteiger partial charge in [-0.05, 0) is 44.9 Å². The number of carbonyl (C=O) groups is 2. The molecule has 1 aromatic rings. The summed E-state index contributed by atoms with van der Waals surface area (Å²) in [6.07, 6.45) is 0.371. The van der Waals surface area contributed by atoms with Gasteiger partial charge in [0.2, 0.25) is 5.91 Å². The molecule has 0 aliphatic carbocycles. The molecule has 6 heteroatoms. The number of nitrogens with zero attached hydrogens (tertiary/aromatic N) is 1. The Morgan fingerprint density at radius 1 is 1.30 bits per heavy atom. The van der Waals surface area contributed by atoms with Gasteiger partial charge in [-0.2, -0.15) is 0 Å². The minimum absolute atomic E-state index is 0.0105. The van der Waals surface area contributed by atoms with Crippen LogP contribution in [0.5, 0.6) is 0 Å². The third-order valence-electron chi connectivity index (χ3n) is 4.29. The summed E-state index contributed by atoms with van der Waals surface area (Å²) in [5, 5.41) is 3.06. The van der Waals surface area contributed by atoms with E-state index in [1.54, 1.807) is 4.90 Å². The second kappa shape index (κ2) is 5.51. The summed E-state index contributed by atoms with van der Waals surface area (Å²) in [4.78, 5) is 26.0. The summed E-state index contributed by atoms with van der Waals surface area (Å²) in [6.45, 7) is 6.38. The molecule has 2 aliphatic heterocycles. The summed E-state index contributed by atoms with van der Waals surface area (Å²) in [5.74, 6) is 0.0326. The van der Waals surface area contributed by atoms with E-state index in [1.807, 2.05) is 45.0 Å². The van der Waals surface area contributed by atoms with Crippen LogP contribution in [0.4, 0.5) is 4.79 Å². The number of likely N-dealkylation sites (tertiary alicyclic amines) is 1. The van der Waals surface area contributed by atoms with Gasteiger partial charge in [0, 0.05) is 17.6 Å². The molecule has 2 fully saturated rings. The lowest BCUT2D eigenvalue weighted by atomic mass is 9.76. The Hall–Kier alpha value is -1.56. The highest BCUT2D eigenvalue weighted by Gasteiger charge is 2.56. The first-order valence-electron chi connectivity index (χ1n) is 7.73. The molecule has 1 N–H and O–H groups in total. The fourth-order valence-electron chi connectivity index (χ4n) is 3.15. The average molecular weight is 381 g/mol. The highest BCUT2D eigenvalue weighted by molar-refractivity contribution is 9.10. The monoisotopic (exact) mass is 380 g/mol. The molecule has 2 saturated heterocycles. The first kappa shape index (κ1) is 16.3. The number of ether oxygens (including phenoxy) is 1. The lowest BCUT2D eigenvalue weighted by molar-refractivity contribution is -0.135. The molecule has 1 aromatic carbocycles. The first-order valence-corrected chi connectivity index (χ1v) is 8.52. The summed E-state index contributed by atoms with van der Waals surface area (Å²) >= 11 is 3.42. The molecule has 5 nitrogen and oxygen atoms in total. The largest absolute Gasteiger partial charge is 0.444 e. The molecule has 2 heterocycles. The second-order valence-electron chi connectivity index (χ2n) is 7.40. The number of nitrogens with one attached hydrogen (secondary N) is 1. The van der Waals surface area contributed by atoms with Crippen LogP contribution in [0.25, 0.3) is 0 Å². The second-order valence-corrected chi connectivity index (χ2v) is 8.31. The number of carbonyl (C=O) groups excluding carboxylic acids is 2. The van der Waals surface area contributed by atoms with E-state index in [9.17, 15) is 9.59 Å². The van der Waals surface area contributed by atoms with E-state index in [0.29, 0.717) is 19.5 Å². The van der Waals surface area contributed by atoms with Crippen molar-refractivity contribution < 1.29 is 14.3 Å². The number of benzene rings is 1. The fraction of sp³-hybridized carbons (Fsp3) is 0.529. The van der Waals surface area contributed by atoms with Crippen LogP contribution in [-0.4, -0.2) is 35.6 Å². The summed E-state index contributed by atoms with van der Waals surface area (Å²) < 4.78 is 6.37. The van der Waals surface area contributed by atoms with Crippen LogP contribution in [0.2, 0.25) is 0 Å². The van der Waals surface area contributed by atoms with E-state index in [1.165, 1.54) is 0 Å². The molecule has 23 heavy (non-hydrogen) atoms. The van der Waals surface area contributed by atoms with Crippen LogP contribution in [0.1, 0.15) is 38.8 Å². The Morgan fingerprint density at radius 2 is 1.91 bits per heavy atom. The maximum absolute atomic E-state index is 12.4. The average Bonchev–Trinajstić information content (AvgIpc) is 2.73. The molecule has 0 bridgehead atoms. The van der Waals surface area contributed by atoms with Crippen molar-refractivity contribution in [2.24, 2.45) is 5.41 Å². The van der Waals surface area contributed by atoms with Crippen LogP contribution in [0.3, 0.4) is 0 Å². The predicted molar refractivity (Wildman–Crippen MR) is 89.9 cm³/mol. The van der Waals surface area contributed by atoms with Crippen molar-refractivity contribution in [2.45, 2.75) is 38.8 Å². The molecule has 3 rings (SSSR count). The van der Waals surface area contributed by atoms with Crippen LogP contribution in [-0.2, 0) is 9.53 Å². The molecule has 2 aliphatic rings. The van der Waals surface area contributed by atoms with Gasteiger partial charge in [0.1, 0.15) is 5.60 Å². The Bertz CT molecular complexity index is 630. The van der Waals surface area contributed by atoms with E-state index in [-0.39, 0.29) is 18.0 Å². The van der Waals surface area contributed by atoms with Gasteiger partial charge in [0.05, 0.1) is 11.5 Å². The first-order chi connectivity index (χ1) is 10.7. The van der Waals surface area contributed by atoms with Crippen molar-refractivity contribution in [2.75, 3.05) is 13.1 Å².